The summed E-state index contributed by atoms with van der Waals surface area (Å²) in [6.45, 7) is 6.14. The molecule has 0 spiro atoms. The Balaban J connectivity index is 1.31. The van der Waals surface area contributed by atoms with Crippen LogP contribution in [-0.4, -0.2) is 103 Å². The van der Waals surface area contributed by atoms with Crippen molar-refractivity contribution in [1.82, 2.24) is 16.0 Å². The van der Waals surface area contributed by atoms with Crippen LogP contribution in [0.5, 0.6) is 11.5 Å². The number of aliphatic hydroxyl groups excluding tert-OH is 3. The third kappa shape index (κ3) is 17.6. The molecule has 330 valence electrons. The molecule has 2 aromatic carbocycles. The number of hydrogen-bond donors (Lipinski definition) is 6. The number of carbonyl (C=O) groups excluding carboxylic acids is 4. The summed E-state index contributed by atoms with van der Waals surface area (Å²) in [7, 11) is 2.69. The van der Waals surface area contributed by atoms with Crippen LogP contribution in [0.2, 0.25) is 5.02 Å². The van der Waals surface area contributed by atoms with Crippen molar-refractivity contribution in [1.29, 1.82) is 0 Å². The number of hydrogen-bond acceptors (Lipinski definition) is 12. The Kier molecular flexibility index (Phi) is 21.4. The molecule has 0 unspecified atom stereocenters. The molecule has 3 rings (SSSR count). The zero-order valence-corrected chi connectivity index (χ0v) is 35.8. The van der Waals surface area contributed by atoms with Gasteiger partial charge in [-0.2, -0.15) is 0 Å². The quantitative estimate of drug-likeness (QED) is 0.0584. The Morgan fingerprint density at radius 2 is 1.42 bits per heavy atom. The first-order valence-corrected chi connectivity index (χ1v) is 20.8. The fourth-order valence-corrected chi connectivity index (χ4v) is 6.71. The van der Waals surface area contributed by atoms with E-state index in [-0.39, 0.29) is 46.5 Å². The van der Waals surface area contributed by atoms with E-state index in [0.717, 1.165) is 68.9 Å². The lowest BCUT2D eigenvalue weighted by Gasteiger charge is -2.41. The lowest BCUT2D eigenvalue weighted by molar-refractivity contribution is -0.261. The van der Waals surface area contributed by atoms with Gasteiger partial charge in [0.25, 0.3) is 5.91 Å². The maximum Gasteiger partial charge on any atom is 0.306 e. The molecular formula is C43H64ClN3O12. The highest BCUT2D eigenvalue weighted by Gasteiger charge is 2.45. The van der Waals surface area contributed by atoms with Gasteiger partial charge in [-0.1, -0.05) is 68.0 Å². The maximum atomic E-state index is 13.3. The molecule has 15 nitrogen and oxygen atoms in total. The van der Waals surface area contributed by atoms with Gasteiger partial charge in [0.15, 0.2) is 6.29 Å². The first-order valence-electron chi connectivity index (χ1n) is 20.4. The van der Waals surface area contributed by atoms with Gasteiger partial charge < -0.3 is 55.0 Å². The fourth-order valence-electron chi connectivity index (χ4n) is 6.50. The largest absolute Gasteiger partial charge is 0.496 e. The number of rotatable bonds is 25. The summed E-state index contributed by atoms with van der Waals surface area (Å²) in [4.78, 5) is 49.6. The highest BCUT2D eigenvalue weighted by atomic mass is 35.5. The molecule has 1 fully saturated rings. The average Bonchev–Trinajstić information content (AvgIpc) is 3.20. The summed E-state index contributed by atoms with van der Waals surface area (Å²) in [6.07, 6.45) is 4.16. The van der Waals surface area contributed by atoms with Crippen LogP contribution in [0.3, 0.4) is 0 Å². The van der Waals surface area contributed by atoms with Crippen LogP contribution in [0.15, 0.2) is 36.4 Å². The van der Waals surface area contributed by atoms with Crippen molar-refractivity contribution in [3.8, 4) is 11.5 Å². The summed E-state index contributed by atoms with van der Waals surface area (Å²) in [5.41, 5.74) is 1.31. The Labute approximate surface area is 352 Å². The summed E-state index contributed by atoms with van der Waals surface area (Å²) in [6, 6.07) is 9.25. The minimum Gasteiger partial charge on any atom is -0.496 e. The lowest BCUT2D eigenvalue weighted by Crippen LogP contribution is -2.64. The highest BCUT2D eigenvalue weighted by Crippen LogP contribution is 2.34. The van der Waals surface area contributed by atoms with E-state index in [1.807, 2.05) is 45.0 Å². The first kappa shape index (κ1) is 49.4. The number of methoxy groups -OCH3 is 2. The van der Waals surface area contributed by atoms with Crippen molar-refractivity contribution >= 4 is 35.3 Å². The first-order chi connectivity index (χ1) is 28.1. The summed E-state index contributed by atoms with van der Waals surface area (Å²) in [5, 5.41) is 39.0. The van der Waals surface area contributed by atoms with Gasteiger partial charge >= 0.3 is 5.97 Å². The Morgan fingerprint density at radius 1 is 0.797 bits per heavy atom. The summed E-state index contributed by atoms with van der Waals surface area (Å²) >= 11 is 6.51. The zero-order valence-electron chi connectivity index (χ0n) is 35.1. The van der Waals surface area contributed by atoms with Crippen molar-refractivity contribution in [2.75, 3.05) is 27.4 Å². The molecule has 59 heavy (non-hydrogen) atoms. The van der Waals surface area contributed by atoms with Gasteiger partial charge in [0.05, 0.1) is 24.3 Å². The van der Waals surface area contributed by atoms with Gasteiger partial charge in [-0.25, -0.2) is 0 Å². The van der Waals surface area contributed by atoms with E-state index in [1.54, 1.807) is 0 Å². The van der Waals surface area contributed by atoms with E-state index in [9.17, 15) is 34.5 Å². The van der Waals surface area contributed by atoms with Crippen LogP contribution in [0.1, 0.15) is 119 Å². The van der Waals surface area contributed by atoms with E-state index >= 15 is 0 Å². The van der Waals surface area contributed by atoms with Crippen LogP contribution in [-0.2, 0) is 41.7 Å². The molecule has 1 aliphatic heterocycles. The smallest absolute Gasteiger partial charge is 0.306 e. The predicted octanol–water partition coefficient (Wildman–Crippen LogP) is 4.87. The topological polar surface area (TPSA) is 211 Å². The number of esters is 1. The molecule has 0 aliphatic carbocycles. The number of ether oxygens (including phenoxy) is 5. The lowest BCUT2D eigenvalue weighted by atomic mass is 9.96. The van der Waals surface area contributed by atoms with Crippen molar-refractivity contribution < 1.29 is 58.2 Å². The molecule has 1 saturated heterocycles. The molecule has 0 aromatic heterocycles. The van der Waals surface area contributed by atoms with Crippen LogP contribution >= 0.6 is 11.6 Å². The number of unbranched alkanes of at least 4 members (excludes halogenated alkanes) is 7. The normalized spacial score (nSPS) is 19.1. The molecule has 1 heterocycles. The van der Waals surface area contributed by atoms with Gasteiger partial charge in [-0.3, -0.25) is 19.2 Å². The SMILES string of the molecule is COc1cc(OCc2cccc(CNC(=O)CCCCCCCCC(=O)NCCCCCC(=O)OC(C)(C)C)c2)c(Cl)cc1C(=O)N[C@H]1[C@@H](OC)O[C@H](CO)[C@@H](O)[C@@H]1O. The number of amides is 3. The second kappa shape index (κ2) is 25.6. The molecule has 3 amide bonds. The minimum atomic E-state index is -1.49. The van der Waals surface area contributed by atoms with Crippen LogP contribution in [0, 0.1) is 0 Å². The number of benzene rings is 2. The second-order valence-electron chi connectivity index (χ2n) is 15.7. The van der Waals surface area contributed by atoms with Crippen LogP contribution in [0.4, 0.5) is 0 Å². The monoisotopic (exact) mass is 849 g/mol. The summed E-state index contributed by atoms with van der Waals surface area (Å²) in [5.74, 6) is -0.421. The van der Waals surface area contributed by atoms with E-state index in [4.69, 9.17) is 35.3 Å². The van der Waals surface area contributed by atoms with Gasteiger partial charge in [0, 0.05) is 45.5 Å². The van der Waals surface area contributed by atoms with Gasteiger partial charge in [0.2, 0.25) is 11.8 Å². The molecule has 0 saturated carbocycles. The third-order valence-corrected chi connectivity index (χ3v) is 9.94. The standard InChI is InChI=1S/C43H64ClN3O12/c1-43(2,3)59-37(51)20-13-10-14-21-45-35(49)18-11-8-6-7-9-12-19-36(50)46-25-28-16-15-17-29(22-28)27-57-33-24-32(55-4)30(23-31(33)44)41(54)47-38-40(53)39(52)34(26-48)58-42(38)56-5/h15-17,22-24,34,38-40,42,48,52-53H,6-14,18-21,25-27H2,1-5H3,(H,45,49)(H,46,50)(H,47,54)/t34-,38-,39-,40-,42+/m1/s1. The fraction of sp³-hybridized carbons (Fsp3) is 0.628. The average molecular weight is 850 g/mol. The molecule has 2 aromatic rings. The van der Waals surface area contributed by atoms with E-state index in [2.05, 4.69) is 16.0 Å². The third-order valence-electron chi connectivity index (χ3n) is 9.64. The molecular weight excluding hydrogens is 786 g/mol. The van der Waals surface area contributed by atoms with E-state index < -0.39 is 48.8 Å². The van der Waals surface area contributed by atoms with E-state index in [1.165, 1.54) is 26.4 Å². The number of nitrogens with one attached hydrogen (secondary N) is 3. The molecule has 5 atom stereocenters. The molecule has 1 aliphatic rings. The van der Waals surface area contributed by atoms with Gasteiger partial charge in [-0.15, -0.1) is 0 Å². The number of carbonyl (C=O) groups is 4. The molecule has 6 N–H and O–H groups in total. The maximum absolute atomic E-state index is 13.3. The van der Waals surface area contributed by atoms with Crippen molar-refractivity contribution in [2.45, 2.75) is 147 Å². The Hall–Kier alpha value is -3.99. The van der Waals surface area contributed by atoms with Crippen LogP contribution in [0.25, 0.3) is 0 Å². The van der Waals surface area contributed by atoms with E-state index in [0.29, 0.717) is 32.4 Å². The molecule has 0 radical (unpaired) electrons. The van der Waals surface area contributed by atoms with Gasteiger partial charge in [0.1, 0.15) is 48.1 Å². The number of aliphatic hydroxyl groups is 3. The van der Waals surface area contributed by atoms with Crippen molar-refractivity contribution in [2.24, 2.45) is 0 Å². The number of halogens is 1. The van der Waals surface area contributed by atoms with Crippen molar-refractivity contribution in [3.05, 3.63) is 58.1 Å². The molecule has 16 heteroatoms. The second-order valence-corrected chi connectivity index (χ2v) is 16.1. The Bertz CT molecular complexity index is 1640. The highest BCUT2D eigenvalue weighted by molar-refractivity contribution is 6.32. The summed E-state index contributed by atoms with van der Waals surface area (Å²) < 4.78 is 27.4. The molecule has 0 bridgehead atoms. The zero-order chi connectivity index (χ0) is 43.4. The Morgan fingerprint density at radius 3 is 2.07 bits per heavy atom. The van der Waals surface area contributed by atoms with Crippen LogP contribution < -0.4 is 25.4 Å². The minimum absolute atomic E-state index is 0.0232. The predicted molar refractivity (Wildman–Crippen MR) is 221 cm³/mol. The van der Waals surface area contributed by atoms with Gasteiger partial charge in [-0.05, 0) is 63.6 Å². The van der Waals surface area contributed by atoms with Crippen molar-refractivity contribution in [3.63, 3.8) is 0 Å².